The Morgan fingerprint density at radius 1 is 1.07 bits per heavy atom. The van der Waals surface area contributed by atoms with E-state index in [4.69, 9.17) is 4.74 Å². The summed E-state index contributed by atoms with van der Waals surface area (Å²) in [6.07, 6.45) is 2.22. The molecule has 2 aromatic rings. The lowest BCUT2D eigenvalue weighted by Gasteiger charge is -2.31. The molecule has 5 nitrogen and oxygen atoms in total. The number of nitrogens with one attached hydrogen (secondary N) is 1. The van der Waals surface area contributed by atoms with Crippen LogP contribution in [0.2, 0.25) is 0 Å². The van der Waals surface area contributed by atoms with Crippen LogP contribution in [-0.4, -0.2) is 42.6 Å². The fourth-order valence-corrected chi connectivity index (χ4v) is 4.07. The average molecular weight is 409 g/mol. The molecule has 1 heterocycles. The fraction of sp³-hybridized carbons (Fsp3) is 0.440. The monoisotopic (exact) mass is 408 g/mol. The number of nitrogens with zero attached hydrogens (tertiary/aromatic N) is 1. The van der Waals surface area contributed by atoms with Crippen LogP contribution in [0.1, 0.15) is 37.8 Å². The third-order valence-corrected chi connectivity index (χ3v) is 5.86. The van der Waals surface area contributed by atoms with Gasteiger partial charge in [-0.1, -0.05) is 67.9 Å². The molecule has 1 fully saturated rings. The number of ether oxygens (including phenoxy) is 1. The second-order valence-electron chi connectivity index (χ2n) is 8.45. The van der Waals surface area contributed by atoms with Crippen molar-refractivity contribution < 1.29 is 14.3 Å². The minimum Gasteiger partial charge on any atom is -0.453 e. The smallest absolute Gasteiger partial charge is 0.407 e. The first-order chi connectivity index (χ1) is 14.4. The second kappa shape index (κ2) is 9.79. The van der Waals surface area contributed by atoms with E-state index in [9.17, 15) is 9.59 Å². The van der Waals surface area contributed by atoms with Gasteiger partial charge in [0.15, 0.2) is 0 Å². The van der Waals surface area contributed by atoms with E-state index in [0.717, 1.165) is 25.8 Å². The number of rotatable bonds is 6. The van der Waals surface area contributed by atoms with Gasteiger partial charge in [-0.25, -0.2) is 4.79 Å². The molecule has 0 spiro atoms. The average Bonchev–Trinajstić information content (AvgIpc) is 3.20. The summed E-state index contributed by atoms with van der Waals surface area (Å²) in [5.41, 5.74) is 4.87. The first-order valence-corrected chi connectivity index (χ1v) is 10.7. The molecule has 0 aromatic heterocycles. The van der Waals surface area contributed by atoms with Crippen LogP contribution in [0.3, 0.4) is 0 Å². The summed E-state index contributed by atoms with van der Waals surface area (Å²) in [5.74, 6) is -0.0270. The molecule has 0 saturated carbocycles. The Balaban J connectivity index is 1.68. The molecule has 5 heteroatoms. The Bertz CT molecular complexity index is 859. The number of alkyl carbamates (subject to hydrolysis) is 1. The highest BCUT2D eigenvalue weighted by Crippen LogP contribution is 2.25. The molecule has 2 aromatic carbocycles. The largest absolute Gasteiger partial charge is 0.453 e. The summed E-state index contributed by atoms with van der Waals surface area (Å²) < 4.78 is 4.70. The molecular formula is C25H32N2O3. The van der Waals surface area contributed by atoms with E-state index in [-0.39, 0.29) is 17.9 Å². The van der Waals surface area contributed by atoms with Crippen molar-refractivity contribution in [3.05, 3.63) is 59.7 Å². The number of amides is 2. The maximum absolute atomic E-state index is 13.2. The normalized spacial score (nSPS) is 17.1. The van der Waals surface area contributed by atoms with Crippen LogP contribution in [0.4, 0.5) is 4.79 Å². The molecule has 30 heavy (non-hydrogen) atoms. The Morgan fingerprint density at radius 2 is 1.67 bits per heavy atom. The predicted molar refractivity (Wildman–Crippen MR) is 119 cm³/mol. The van der Waals surface area contributed by atoms with Crippen LogP contribution < -0.4 is 5.32 Å². The van der Waals surface area contributed by atoms with E-state index >= 15 is 0 Å². The van der Waals surface area contributed by atoms with Crippen LogP contribution in [-0.2, 0) is 16.0 Å². The van der Waals surface area contributed by atoms with Crippen molar-refractivity contribution in [2.24, 2.45) is 5.92 Å². The van der Waals surface area contributed by atoms with Crippen LogP contribution in [0.15, 0.2) is 48.5 Å². The van der Waals surface area contributed by atoms with Gasteiger partial charge < -0.3 is 15.0 Å². The lowest BCUT2D eigenvalue weighted by atomic mass is 9.98. The molecule has 3 rings (SSSR count). The lowest BCUT2D eigenvalue weighted by molar-refractivity contribution is -0.135. The number of likely N-dealkylation sites (tertiary alicyclic amines) is 1. The van der Waals surface area contributed by atoms with Crippen molar-refractivity contribution >= 4 is 12.0 Å². The highest BCUT2D eigenvalue weighted by molar-refractivity contribution is 5.86. The van der Waals surface area contributed by atoms with Crippen molar-refractivity contribution in [2.75, 3.05) is 13.7 Å². The maximum atomic E-state index is 13.2. The van der Waals surface area contributed by atoms with E-state index in [1.165, 1.54) is 29.4 Å². The summed E-state index contributed by atoms with van der Waals surface area (Å²) in [6.45, 7) is 6.70. The number of hydrogen-bond donors (Lipinski definition) is 1. The quantitative estimate of drug-likeness (QED) is 0.761. The molecule has 1 aliphatic rings. The van der Waals surface area contributed by atoms with E-state index in [1.54, 1.807) is 0 Å². The van der Waals surface area contributed by atoms with E-state index in [2.05, 4.69) is 60.8 Å². The van der Waals surface area contributed by atoms with Gasteiger partial charge in [0.2, 0.25) is 5.91 Å². The van der Waals surface area contributed by atoms with Gasteiger partial charge in [0.05, 0.1) is 7.11 Å². The van der Waals surface area contributed by atoms with Crippen LogP contribution >= 0.6 is 0 Å². The fourth-order valence-electron chi connectivity index (χ4n) is 4.07. The lowest BCUT2D eigenvalue weighted by Crippen LogP contribution is -2.52. The standard InChI is InChI=1S/C25H32N2O3/c1-17(2)23(26-25(29)30-4)24(28)27-15-5-6-22(27)16-19-9-13-21(14-10-19)20-11-7-18(3)8-12-20/h7-14,17,22-23H,5-6,15-16H2,1-4H3,(H,26,29)/t22-,23-/m0/s1. The molecule has 0 radical (unpaired) electrons. The summed E-state index contributed by atoms with van der Waals surface area (Å²) >= 11 is 0. The molecule has 1 N–H and O–H groups in total. The number of benzene rings is 2. The SMILES string of the molecule is COC(=O)N[C@H](C(=O)N1CCC[C@H]1Cc1ccc(-c2ccc(C)cc2)cc1)C(C)C. The molecular weight excluding hydrogens is 376 g/mol. The maximum Gasteiger partial charge on any atom is 0.407 e. The van der Waals surface area contributed by atoms with Gasteiger partial charge in [0.1, 0.15) is 6.04 Å². The van der Waals surface area contributed by atoms with Crippen LogP contribution in [0.5, 0.6) is 0 Å². The zero-order valence-electron chi connectivity index (χ0n) is 18.4. The minimum atomic E-state index is -0.568. The van der Waals surface area contributed by atoms with Crippen molar-refractivity contribution in [3.63, 3.8) is 0 Å². The molecule has 2 amide bonds. The number of carbonyl (C=O) groups is 2. The van der Waals surface area contributed by atoms with Crippen LogP contribution in [0, 0.1) is 12.8 Å². The van der Waals surface area contributed by atoms with Crippen molar-refractivity contribution in [1.29, 1.82) is 0 Å². The Labute approximate surface area is 179 Å². The first kappa shape index (κ1) is 21.9. The molecule has 2 atom stereocenters. The number of methoxy groups -OCH3 is 1. The van der Waals surface area contributed by atoms with Gasteiger partial charge in [0, 0.05) is 12.6 Å². The van der Waals surface area contributed by atoms with E-state index in [1.807, 2.05) is 18.7 Å². The Kier molecular flexibility index (Phi) is 7.14. The number of aryl methyl sites for hydroxylation is 1. The third kappa shape index (κ3) is 5.21. The molecule has 1 aliphatic heterocycles. The zero-order valence-corrected chi connectivity index (χ0v) is 18.4. The minimum absolute atomic E-state index is 0.00774. The predicted octanol–water partition coefficient (Wildman–Crippen LogP) is 4.58. The van der Waals surface area contributed by atoms with Crippen molar-refractivity contribution in [2.45, 2.75) is 52.1 Å². The molecule has 0 unspecified atom stereocenters. The van der Waals surface area contributed by atoms with Crippen LogP contribution in [0.25, 0.3) is 11.1 Å². The van der Waals surface area contributed by atoms with Gasteiger partial charge in [-0.05, 0) is 48.8 Å². The van der Waals surface area contributed by atoms with E-state index < -0.39 is 12.1 Å². The molecule has 160 valence electrons. The van der Waals surface area contributed by atoms with Gasteiger partial charge in [-0.15, -0.1) is 0 Å². The summed E-state index contributed by atoms with van der Waals surface area (Å²) in [4.78, 5) is 26.8. The highest BCUT2D eigenvalue weighted by Gasteiger charge is 2.35. The zero-order chi connectivity index (χ0) is 21.7. The molecule has 0 aliphatic carbocycles. The van der Waals surface area contributed by atoms with Crippen molar-refractivity contribution in [3.8, 4) is 11.1 Å². The number of carbonyl (C=O) groups excluding carboxylic acids is 2. The van der Waals surface area contributed by atoms with Gasteiger partial charge >= 0.3 is 6.09 Å². The molecule has 1 saturated heterocycles. The summed E-state index contributed by atoms with van der Waals surface area (Å²) in [6, 6.07) is 16.7. The first-order valence-electron chi connectivity index (χ1n) is 10.7. The second-order valence-corrected chi connectivity index (χ2v) is 8.45. The Hall–Kier alpha value is -2.82. The van der Waals surface area contributed by atoms with Gasteiger partial charge in [-0.2, -0.15) is 0 Å². The van der Waals surface area contributed by atoms with Gasteiger partial charge in [0.25, 0.3) is 0 Å². The number of hydrogen-bond acceptors (Lipinski definition) is 3. The third-order valence-electron chi connectivity index (χ3n) is 5.86. The topological polar surface area (TPSA) is 58.6 Å². The summed E-state index contributed by atoms with van der Waals surface area (Å²) in [5, 5.41) is 2.70. The van der Waals surface area contributed by atoms with Gasteiger partial charge in [-0.3, -0.25) is 4.79 Å². The highest BCUT2D eigenvalue weighted by atomic mass is 16.5. The van der Waals surface area contributed by atoms with Crippen molar-refractivity contribution in [1.82, 2.24) is 10.2 Å². The Morgan fingerprint density at radius 3 is 2.23 bits per heavy atom. The van der Waals surface area contributed by atoms with E-state index in [0.29, 0.717) is 0 Å². The molecule has 0 bridgehead atoms. The summed E-state index contributed by atoms with van der Waals surface area (Å²) in [7, 11) is 1.32.